The Balaban J connectivity index is 2.49. The number of nitrogens with zero attached hydrogens (tertiary/aromatic N) is 1. The molecular weight excluding hydrogens is 160 g/mol. The smallest absolute Gasteiger partial charge is 0.0570 e. The Morgan fingerprint density at radius 1 is 1.62 bits per heavy atom. The summed E-state index contributed by atoms with van der Waals surface area (Å²) in [5, 5.41) is 3.34. The van der Waals surface area contributed by atoms with E-state index in [1.165, 1.54) is 0 Å². The van der Waals surface area contributed by atoms with Gasteiger partial charge in [0.25, 0.3) is 0 Å². The second-order valence-electron chi connectivity index (χ2n) is 3.31. The fourth-order valence-corrected chi connectivity index (χ4v) is 1.06. The number of rotatable bonds is 4. The van der Waals surface area contributed by atoms with Crippen molar-refractivity contribution in [3.8, 4) is 0 Å². The van der Waals surface area contributed by atoms with E-state index in [0.717, 1.165) is 17.8 Å². The molecule has 0 spiro atoms. The number of hydrogen-bond donors (Lipinski definition) is 1. The van der Waals surface area contributed by atoms with Gasteiger partial charge in [-0.25, -0.2) is 0 Å². The van der Waals surface area contributed by atoms with Crippen molar-refractivity contribution in [3.05, 3.63) is 42.2 Å². The Morgan fingerprint density at radius 3 is 2.92 bits per heavy atom. The molecule has 0 aliphatic heterocycles. The van der Waals surface area contributed by atoms with Gasteiger partial charge in [-0.2, -0.15) is 0 Å². The molecule has 0 bridgehead atoms. The van der Waals surface area contributed by atoms with Gasteiger partial charge in [0.15, 0.2) is 0 Å². The van der Waals surface area contributed by atoms with E-state index in [2.05, 4.69) is 23.8 Å². The minimum Gasteiger partial charge on any atom is -0.305 e. The van der Waals surface area contributed by atoms with E-state index in [4.69, 9.17) is 0 Å². The third kappa shape index (κ3) is 3.38. The maximum absolute atomic E-state index is 4.26. The SMILES string of the molecule is C=C(C)CNC(C)c1ccccn1. The predicted octanol–water partition coefficient (Wildman–Crippen LogP) is 2.31. The zero-order valence-corrected chi connectivity index (χ0v) is 8.25. The summed E-state index contributed by atoms with van der Waals surface area (Å²) < 4.78 is 0. The molecule has 0 aliphatic carbocycles. The van der Waals surface area contributed by atoms with Gasteiger partial charge in [0, 0.05) is 18.8 Å². The van der Waals surface area contributed by atoms with Crippen LogP contribution in [0.2, 0.25) is 0 Å². The van der Waals surface area contributed by atoms with Gasteiger partial charge in [0.1, 0.15) is 0 Å². The molecule has 0 aliphatic rings. The molecule has 1 aromatic rings. The molecule has 1 aromatic heterocycles. The van der Waals surface area contributed by atoms with Crippen molar-refractivity contribution in [2.45, 2.75) is 19.9 Å². The Morgan fingerprint density at radius 2 is 2.38 bits per heavy atom. The molecule has 0 saturated heterocycles. The maximum atomic E-state index is 4.26. The average Bonchev–Trinajstić information content (AvgIpc) is 2.15. The summed E-state index contributed by atoms with van der Waals surface area (Å²) in [5.41, 5.74) is 2.21. The van der Waals surface area contributed by atoms with Crippen molar-refractivity contribution in [1.29, 1.82) is 0 Å². The summed E-state index contributed by atoms with van der Waals surface area (Å²) in [4.78, 5) is 4.26. The lowest BCUT2D eigenvalue weighted by molar-refractivity contribution is 0.592. The van der Waals surface area contributed by atoms with Crippen molar-refractivity contribution in [1.82, 2.24) is 10.3 Å². The summed E-state index contributed by atoms with van der Waals surface area (Å²) in [6.07, 6.45) is 1.81. The lowest BCUT2D eigenvalue weighted by Gasteiger charge is -2.12. The normalized spacial score (nSPS) is 12.5. The summed E-state index contributed by atoms with van der Waals surface area (Å²) in [6.45, 7) is 8.80. The highest BCUT2D eigenvalue weighted by Gasteiger charge is 2.03. The van der Waals surface area contributed by atoms with Crippen LogP contribution in [0.25, 0.3) is 0 Å². The van der Waals surface area contributed by atoms with E-state index in [0.29, 0.717) is 0 Å². The van der Waals surface area contributed by atoms with Crippen LogP contribution in [0, 0.1) is 0 Å². The highest BCUT2D eigenvalue weighted by Crippen LogP contribution is 2.07. The van der Waals surface area contributed by atoms with Crippen LogP contribution >= 0.6 is 0 Å². The number of hydrogen-bond acceptors (Lipinski definition) is 2. The molecule has 0 fully saturated rings. The first-order chi connectivity index (χ1) is 6.20. The van der Waals surface area contributed by atoms with Crippen molar-refractivity contribution in [3.63, 3.8) is 0 Å². The van der Waals surface area contributed by atoms with Gasteiger partial charge in [-0.3, -0.25) is 4.98 Å². The van der Waals surface area contributed by atoms with E-state index >= 15 is 0 Å². The molecule has 1 unspecified atom stereocenters. The minimum absolute atomic E-state index is 0.290. The lowest BCUT2D eigenvalue weighted by atomic mass is 10.2. The summed E-state index contributed by atoms with van der Waals surface area (Å²) in [5.74, 6) is 0. The predicted molar refractivity (Wildman–Crippen MR) is 55.5 cm³/mol. The average molecular weight is 176 g/mol. The number of pyridine rings is 1. The van der Waals surface area contributed by atoms with Crippen LogP contribution in [0.5, 0.6) is 0 Å². The van der Waals surface area contributed by atoms with Crippen LogP contribution < -0.4 is 5.32 Å². The van der Waals surface area contributed by atoms with E-state index in [1.807, 2.05) is 31.3 Å². The molecule has 0 saturated carbocycles. The van der Waals surface area contributed by atoms with Gasteiger partial charge < -0.3 is 5.32 Å². The van der Waals surface area contributed by atoms with E-state index < -0.39 is 0 Å². The molecule has 0 radical (unpaired) electrons. The number of nitrogens with one attached hydrogen (secondary N) is 1. The Kier molecular flexibility index (Phi) is 3.65. The van der Waals surface area contributed by atoms with Crippen LogP contribution in [-0.4, -0.2) is 11.5 Å². The van der Waals surface area contributed by atoms with Crippen LogP contribution in [0.15, 0.2) is 36.5 Å². The molecule has 70 valence electrons. The highest BCUT2D eigenvalue weighted by molar-refractivity contribution is 5.08. The van der Waals surface area contributed by atoms with Gasteiger partial charge in [-0.05, 0) is 26.0 Å². The van der Waals surface area contributed by atoms with E-state index in [9.17, 15) is 0 Å². The second-order valence-corrected chi connectivity index (χ2v) is 3.31. The standard InChI is InChI=1S/C11H16N2/c1-9(2)8-13-10(3)11-6-4-5-7-12-11/h4-7,10,13H,1,8H2,2-3H3. The highest BCUT2D eigenvalue weighted by atomic mass is 14.9. The van der Waals surface area contributed by atoms with Gasteiger partial charge in [-0.1, -0.05) is 18.2 Å². The third-order valence-electron chi connectivity index (χ3n) is 1.84. The zero-order chi connectivity index (χ0) is 9.68. The topological polar surface area (TPSA) is 24.9 Å². The third-order valence-corrected chi connectivity index (χ3v) is 1.84. The molecule has 1 rings (SSSR count). The molecular formula is C11H16N2. The fraction of sp³-hybridized carbons (Fsp3) is 0.364. The van der Waals surface area contributed by atoms with E-state index in [1.54, 1.807) is 0 Å². The lowest BCUT2D eigenvalue weighted by Crippen LogP contribution is -2.20. The quantitative estimate of drug-likeness (QED) is 0.712. The summed E-state index contributed by atoms with van der Waals surface area (Å²) >= 11 is 0. The molecule has 1 atom stereocenters. The molecule has 13 heavy (non-hydrogen) atoms. The molecule has 1 N–H and O–H groups in total. The Bertz CT molecular complexity index is 267. The van der Waals surface area contributed by atoms with Gasteiger partial charge in [0.05, 0.1) is 5.69 Å². The molecule has 0 amide bonds. The van der Waals surface area contributed by atoms with Crippen molar-refractivity contribution < 1.29 is 0 Å². The van der Waals surface area contributed by atoms with Gasteiger partial charge >= 0.3 is 0 Å². The summed E-state index contributed by atoms with van der Waals surface area (Å²) in [7, 11) is 0. The molecule has 0 aromatic carbocycles. The first-order valence-electron chi connectivity index (χ1n) is 4.49. The molecule has 2 heteroatoms. The van der Waals surface area contributed by atoms with Crippen LogP contribution in [0.3, 0.4) is 0 Å². The van der Waals surface area contributed by atoms with Crippen molar-refractivity contribution in [2.75, 3.05) is 6.54 Å². The van der Waals surface area contributed by atoms with Crippen molar-refractivity contribution in [2.24, 2.45) is 0 Å². The first kappa shape index (κ1) is 9.93. The second kappa shape index (κ2) is 4.77. The first-order valence-corrected chi connectivity index (χ1v) is 4.49. The van der Waals surface area contributed by atoms with Gasteiger partial charge in [-0.15, -0.1) is 0 Å². The van der Waals surface area contributed by atoms with Gasteiger partial charge in [0.2, 0.25) is 0 Å². The minimum atomic E-state index is 0.290. The Hall–Kier alpha value is -1.15. The molecule has 2 nitrogen and oxygen atoms in total. The van der Waals surface area contributed by atoms with Crippen LogP contribution in [0.1, 0.15) is 25.6 Å². The zero-order valence-electron chi connectivity index (χ0n) is 8.25. The fourth-order valence-electron chi connectivity index (χ4n) is 1.06. The Labute approximate surface area is 79.7 Å². The maximum Gasteiger partial charge on any atom is 0.0570 e. The summed E-state index contributed by atoms with van der Waals surface area (Å²) in [6, 6.07) is 6.24. The van der Waals surface area contributed by atoms with Crippen LogP contribution in [-0.2, 0) is 0 Å². The monoisotopic (exact) mass is 176 g/mol. The molecule has 1 heterocycles. The van der Waals surface area contributed by atoms with E-state index in [-0.39, 0.29) is 6.04 Å². The van der Waals surface area contributed by atoms with Crippen molar-refractivity contribution >= 4 is 0 Å². The number of aromatic nitrogens is 1. The largest absolute Gasteiger partial charge is 0.305 e. The van der Waals surface area contributed by atoms with Crippen LogP contribution in [0.4, 0.5) is 0 Å².